The molecule has 5 heteroatoms. The quantitative estimate of drug-likeness (QED) is 0.702. The molecular formula is C22H28N2O2S. The maximum Gasteiger partial charge on any atom is 0.220 e. The highest BCUT2D eigenvalue weighted by Gasteiger charge is 2.21. The molecule has 0 aliphatic carbocycles. The first-order valence-corrected chi connectivity index (χ1v) is 10.6. The monoisotopic (exact) mass is 384 g/mol. The third-order valence-electron chi connectivity index (χ3n) is 5.08. The van der Waals surface area contributed by atoms with Crippen molar-refractivity contribution in [1.29, 1.82) is 0 Å². The topological polar surface area (TPSA) is 49.4 Å². The Balaban J connectivity index is 1.40. The zero-order chi connectivity index (χ0) is 19.1. The van der Waals surface area contributed by atoms with Crippen molar-refractivity contribution < 1.29 is 9.59 Å². The van der Waals surface area contributed by atoms with E-state index in [1.165, 1.54) is 22.5 Å². The first-order valence-electron chi connectivity index (χ1n) is 9.71. The van der Waals surface area contributed by atoms with Gasteiger partial charge in [-0.1, -0.05) is 30.3 Å². The summed E-state index contributed by atoms with van der Waals surface area (Å²) in [7, 11) is 0. The number of piperidine rings is 1. The number of likely N-dealkylation sites (tertiary alicyclic amines) is 1. The standard InChI is InChI=1S/C22H28N2O2S/c1-17(25)21-12-20(16-27-21)15-24-11-5-8-19(14-24)13-23-22(26)10-9-18-6-3-2-4-7-18/h2-4,6-7,12,16,19H,5,8-11,13-15H2,1H3,(H,23,26). The zero-order valence-electron chi connectivity index (χ0n) is 15.9. The fourth-order valence-corrected chi connectivity index (χ4v) is 4.42. The summed E-state index contributed by atoms with van der Waals surface area (Å²) in [6, 6.07) is 12.2. The molecule has 1 N–H and O–H groups in total. The molecule has 0 spiro atoms. The van der Waals surface area contributed by atoms with Crippen LogP contribution in [-0.2, 0) is 17.8 Å². The van der Waals surface area contributed by atoms with Gasteiger partial charge in [0.1, 0.15) is 0 Å². The molecule has 1 amide bonds. The fraction of sp³-hybridized carbons (Fsp3) is 0.455. The Morgan fingerprint density at radius 3 is 2.78 bits per heavy atom. The van der Waals surface area contributed by atoms with Crippen LogP contribution >= 0.6 is 11.3 Å². The summed E-state index contributed by atoms with van der Waals surface area (Å²) in [5.74, 6) is 0.784. The van der Waals surface area contributed by atoms with Gasteiger partial charge in [-0.15, -0.1) is 11.3 Å². The lowest BCUT2D eigenvalue weighted by atomic mass is 9.97. The highest BCUT2D eigenvalue weighted by molar-refractivity contribution is 7.12. The smallest absolute Gasteiger partial charge is 0.220 e. The molecule has 27 heavy (non-hydrogen) atoms. The lowest BCUT2D eigenvalue weighted by molar-refractivity contribution is -0.121. The molecule has 2 aromatic rings. The normalized spacial score (nSPS) is 17.6. The van der Waals surface area contributed by atoms with Crippen LogP contribution in [0.1, 0.15) is 47.0 Å². The Morgan fingerprint density at radius 2 is 2.04 bits per heavy atom. The number of aryl methyl sites for hydroxylation is 1. The Hall–Kier alpha value is -1.98. The molecule has 1 aromatic carbocycles. The van der Waals surface area contributed by atoms with Gasteiger partial charge < -0.3 is 5.32 Å². The van der Waals surface area contributed by atoms with Crippen molar-refractivity contribution in [2.45, 2.75) is 39.2 Å². The number of hydrogen-bond donors (Lipinski definition) is 1. The van der Waals surface area contributed by atoms with Gasteiger partial charge in [-0.05, 0) is 61.2 Å². The molecule has 3 rings (SSSR count). The van der Waals surface area contributed by atoms with Crippen LogP contribution in [-0.4, -0.2) is 36.2 Å². The Labute approximate surface area is 165 Å². The predicted molar refractivity (Wildman–Crippen MR) is 110 cm³/mol. The highest BCUT2D eigenvalue weighted by Crippen LogP contribution is 2.21. The van der Waals surface area contributed by atoms with Gasteiger partial charge in [-0.3, -0.25) is 14.5 Å². The van der Waals surface area contributed by atoms with Crippen LogP contribution in [0.25, 0.3) is 0 Å². The van der Waals surface area contributed by atoms with E-state index in [4.69, 9.17) is 0 Å². The van der Waals surface area contributed by atoms with E-state index in [9.17, 15) is 9.59 Å². The molecule has 1 fully saturated rings. The molecule has 1 aromatic heterocycles. The van der Waals surface area contributed by atoms with E-state index >= 15 is 0 Å². The number of nitrogens with zero attached hydrogens (tertiary/aromatic N) is 1. The predicted octanol–water partition coefficient (Wildman–Crippen LogP) is 3.91. The summed E-state index contributed by atoms with van der Waals surface area (Å²) in [6.45, 7) is 5.36. The summed E-state index contributed by atoms with van der Waals surface area (Å²) in [5, 5.41) is 5.21. The van der Waals surface area contributed by atoms with E-state index in [1.807, 2.05) is 24.3 Å². The molecule has 0 bridgehead atoms. The number of hydrogen-bond acceptors (Lipinski definition) is 4. The molecule has 144 valence electrons. The fourth-order valence-electron chi connectivity index (χ4n) is 3.61. The van der Waals surface area contributed by atoms with Crippen LogP contribution in [0.15, 0.2) is 41.8 Å². The van der Waals surface area contributed by atoms with E-state index in [2.05, 4.69) is 27.7 Å². The molecule has 1 atom stereocenters. The summed E-state index contributed by atoms with van der Waals surface area (Å²) in [5.41, 5.74) is 2.43. The van der Waals surface area contributed by atoms with Crippen molar-refractivity contribution >= 4 is 23.0 Å². The summed E-state index contributed by atoms with van der Waals surface area (Å²) in [4.78, 5) is 26.9. The molecule has 1 saturated heterocycles. The number of carbonyl (C=O) groups is 2. The first kappa shape index (κ1) is 19.8. The first-order chi connectivity index (χ1) is 13.1. The number of ketones is 1. The molecule has 0 radical (unpaired) electrons. The van der Waals surface area contributed by atoms with Crippen LogP contribution in [0.3, 0.4) is 0 Å². The maximum absolute atomic E-state index is 12.1. The number of amides is 1. The minimum Gasteiger partial charge on any atom is -0.356 e. The van der Waals surface area contributed by atoms with Gasteiger partial charge in [0.05, 0.1) is 4.88 Å². The average Bonchev–Trinajstić information content (AvgIpc) is 3.15. The van der Waals surface area contributed by atoms with Crippen molar-refractivity contribution in [3.05, 3.63) is 57.8 Å². The van der Waals surface area contributed by atoms with Gasteiger partial charge in [0.25, 0.3) is 0 Å². The number of thiophene rings is 1. The number of carbonyl (C=O) groups excluding carboxylic acids is 2. The molecule has 1 aliphatic heterocycles. The Kier molecular flexibility index (Phi) is 7.18. The van der Waals surface area contributed by atoms with Gasteiger partial charge in [-0.25, -0.2) is 0 Å². The largest absolute Gasteiger partial charge is 0.356 e. The second-order valence-electron chi connectivity index (χ2n) is 7.41. The van der Waals surface area contributed by atoms with E-state index in [0.717, 1.165) is 50.3 Å². The lowest BCUT2D eigenvalue weighted by Gasteiger charge is -2.32. The Morgan fingerprint density at radius 1 is 1.22 bits per heavy atom. The molecule has 1 aliphatic rings. The van der Waals surface area contributed by atoms with Gasteiger partial charge in [0.2, 0.25) is 5.91 Å². The van der Waals surface area contributed by atoms with Gasteiger partial charge >= 0.3 is 0 Å². The Bertz CT molecular complexity index is 757. The molecule has 4 nitrogen and oxygen atoms in total. The van der Waals surface area contributed by atoms with Gasteiger partial charge in [-0.2, -0.15) is 0 Å². The van der Waals surface area contributed by atoms with Crippen LogP contribution in [0, 0.1) is 5.92 Å². The lowest BCUT2D eigenvalue weighted by Crippen LogP contribution is -2.40. The summed E-state index contributed by atoms with van der Waals surface area (Å²) >= 11 is 1.53. The van der Waals surface area contributed by atoms with Crippen molar-refractivity contribution in [1.82, 2.24) is 10.2 Å². The van der Waals surface area contributed by atoms with Crippen LogP contribution in [0.2, 0.25) is 0 Å². The minimum absolute atomic E-state index is 0.139. The number of nitrogens with one attached hydrogen (secondary N) is 1. The van der Waals surface area contributed by atoms with E-state index < -0.39 is 0 Å². The van der Waals surface area contributed by atoms with E-state index in [-0.39, 0.29) is 11.7 Å². The second-order valence-corrected chi connectivity index (χ2v) is 8.32. The summed E-state index contributed by atoms with van der Waals surface area (Å²) in [6.07, 6.45) is 3.66. The van der Waals surface area contributed by atoms with Crippen LogP contribution in [0.5, 0.6) is 0 Å². The second kappa shape index (κ2) is 9.81. The highest BCUT2D eigenvalue weighted by atomic mass is 32.1. The third-order valence-corrected chi connectivity index (χ3v) is 6.16. The van der Waals surface area contributed by atoms with Crippen LogP contribution in [0.4, 0.5) is 0 Å². The SMILES string of the molecule is CC(=O)c1cc(CN2CCCC(CNC(=O)CCc3ccccc3)C2)cs1. The molecule has 0 saturated carbocycles. The van der Waals surface area contributed by atoms with Crippen molar-refractivity contribution in [2.24, 2.45) is 5.92 Å². The molecule has 1 unspecified atom stereocenters. The van der Waals surface area contributed by atoms with E-state index in [1.54, 1.807) is 6.92 Å². The molecule has 2 heterocycles. The third kappa shape index (κ3) is 6.29. The van der Waals surface area contributed by atoms with E-state index in [0.29, 0.717) is 12.3 Å². The number of rotatable bonds is 8. The van der Waals surface area contributed by atoms with Crippen molar-refractivity contribution in [3.8, 4) is 0 Å². The number of benzene rings is 1. The van der Waals surface area contributed by atoms with Gasteiger partial charge in [0.15, 0.2) is 5.78 Å². The number of Topliss-reactive ketones (excluding diaryl/α,β-unsaturated/α-hetero) is 1. The maximum atomic E-state index is 12.1. The molecular weight excluding hydrogens is 356 g/mol. The minimum atomic E-state index is 0.139. The van der Waals surface area contributed by atoms with Crippen LogP contribution < -0.4 is 5.32 Å². The summed E-state index contributed by atoms with van der Waals surface area (Å²) < 4.78 is 0. The van der Waals surface area contributed by atoms with Crippen molar-refractivity contribution in [2.75, 3.05) is 19.6 Å². The zero-order valence-corrected chi connectivity index (χ0v) is 16.8. The average molecular weight is 385 g/mol. The van der Waals surface area contributed by atoms with Gasteiger partial charge in [0, 0.05) is 26.1 Å². The van der Waals surface area contributed by atoms with Crippen molar-refractivity contribution in [3.63, 3.8) is 0 Å².